The number of anilines is 1. The molecule has 3 aromatic rings. The smallest absolute Gasteiger partial charge is 0.254 e. The maximum atomic E-state index is 12.1. The van der Waals surface area contributed by atoms with Crippen molar-refractivity contribution in [2.75, 3.05) is 11.9 Å². The summed E-state index contributed by atoms with van der Waals surface area (Å²) in [7, 11) is 1.74. The van der Waals surface area contributed by atoms with Gasteiger partial charge in [-0.15, -0.1) is 0 Å². The fraction of sp³-hybridized carbons (Fsp3) is 0.304. The molecule has 0 bridgehead atoms. The molecule has 5 heteroatoms. The molecule has 0 aliphatic rings. The van der Waals surface area contributed by atoms with Crippen LogP contribution in [0.3, 0.4) is 0 Å². The molecule has 1 heterocycles. The Morgan fingerprint density at radius 1 is 1.11 bits per heavy atom. The average Bonchev–Trinajstić information content (AvgIpc) is 2.69. The van der Waals surface area contributed by atoms with E-state index in [1.165, 1.54) is 11.6 Å². The summed E-state index contributed by atoms with van der Waals surface area (Å²) in [6, 6.07) is 17.0. The van der Waals surface area contributed by atoms with E-state index in [-0.39, 0.29) is 11.5 Å². The van der Waals surface area contributed by atoms with Crippen LogP contribution in [0.2, 0.25) is 0 Å². The van der Waals surface area contributed by atoms with E-state index in [1.54, 1.807) is 11.6 Å². The van der Waals surface area contributed by atoms with E-state index in [2.05, 4.69) is 19.2 Å². The number of nitrogens with zero attached hydrogens (tertiary/aromatic N) is 1. The highest BCUT2D eigenvalue weighted by Gasteiger charge is 2.08. The Hall–Kier alpha value is -3.08. The number of para-hydroxylation sites is 1. The van der Waals surface area contributed by atoms with Crippen LogP contribution < -0.4 is 15.6 Å². The zero-order valence-corrected chi connectivity index (χ0v) is 16.6. The van der Waals surface area contributed by atoms with Crippen molar-refractivity contribution in [3.05, 3.63) is 70.5 Å². The second-order valence-electron chi connectivity index (χ2n) is 7.20. The molecule has 0 aliphatic heterocycles. The van der Waals surface area contributed by atoms with Gasteiger partial charge in [0.2, 0.25) is 5.91 Å². The molecule has 0 fully saturated rings. The van der Waals surface area contributed by atoms with Gasteiger partial charge in [0, 0.05) is 30.6 Å². The maximum Gasteiger partial charge on any atom is 0.254 e. The quantitative estimate of drug-likeness (QED) is 0.618. The second-order valence-corrected chi connectivity index (χ2v) is 7.20. The summed E-state index contributed by atoms with van der Waals surface area (Å²) in [6.45, 7) is 4.65. The van der Waals surface area contributed by atoms with Gasteiger partial charge in [-0.2, -0.15) is 0 Å². The van der Waals surface area contributed by atoms with E-state index < -0.39 is 0 Å². The summed E-state index contributed by atoms with van der Waals surface area (Å²) < 4.78 is 7.40. The highest BCUT2D eigenvalue weighted by atomic mass is 16.5. The third kappa shape index (κ3) is 4.60. The van der Waals surface area contributed by atoms with Gasteiger partial charge in [-0.05, 0) is 42.2 Å². The normalized spacial score (nSPS) is 11.0. The van der Waals surface area contributed by atoms with Gasteiger partial charge in [-0.3, -0.25) is 9.59 Å². The lowest BCUT2D eigenvalue weighted by Crippen LogP contribution is -2.17. The minimum absolute atomic E-state index is 0.0465. The van der Waals surface area contributed by atoms with E-state index in [9.17, 15) is 9.59 Å². The number of carbonyl (C=O) groups is 1. The SMILES string of the molecule is CC(C)c1ccc(NC(=O)CCCOc2cc(=O)n(C)c3ccccc23)cc1. The Morgan fingerprint density at radius 2 is 1.82 bits per heavy atom. The van der Waals surface area contributed by atoms with Crippen LogP contribution in [0.25, 0.3) is 10.9 Å². The zero-order chi connectivity index (χ0) is 20.1. The molecule has 2 aromatic carbocycles. The van der Waals surface area contributed by atoms with Gasteiger partial charge in [0.25, 0.3) is 5.56 Å². The molecular weight excluding hydrogens is 352 g/mol. The predicted molar refractivity (Wildman–Crippen MR) is 113 cm³/mol. The number of hydrogen-bond acceptors (Lipinski definition) is 3. The molecule has 0 unspecified atom stereocenters. The van der Waals surface area contributed by atoms with Gasteiger partial charge < -0.3 is 14.6 Å². The van der Waals surface area contributed by atoms with Crippen LogP contribution in [0.1, 0.15) is 38.2 Å². The van der Waals surface area contributed by atoms with Gasteiger partial charge in [0.15, 0.2) is 0 Å². The number of fused-ring (bicyclic) bond motifs is 1. The molecule has 0 spiro atoms. The number of hydrogen-bond donors (Lipinski definition) is 1. The molecule has 1 amide bonds. The Labute approximate surface area is 165 Å². The fourth-order valence-corrected chi connectivity index (χ4v) is 3.09. The van der Waals surface area contributed by atoms with Crippen LogP contribution in [0.5, 0.6) is 5.75 Å². The van der Waals surface area contributed by atoms with E-state index in [4.69, 9.17) is 4.74 Å². The third-order valence-corrected chi connectivity index (χ3v) is 4.78. The van der Waals surface area contributed by atoms with Crippen LogP contribution in [-0.4, -0.2) is 17.1 Å². The van der Waals surface area contributed by atoms with Gasteiger partial charge in [-0.25, -0.2) is 0 Å². The molecule has 3 rings (SSSR count). The van der Waals surface area contributed by atoms with Crippen molar-refractivity contribution in [2.45, 2.75) is 32.6 Å². The average molecular weight is 378 g/mol. The van der Waals surface area contributed by atoms with Crippen molar-refractivity contribution in [1.82, 2.24) is 4.57 Å². The number of nitrogens with one attached hydrogen (secondary N) is 1. The Balaban J connectivity index is 1.53. The first-order chi connectivity index (χ1) is 13.5. The number of aromatic nitrogens is 1. The molecule has 0 atom stereocenters. The number of carbonyl (C=O) groups excluding carboxylic acids is 1. The standard InChI is InChI=1S/C23H26N2O3/c1-16(2)17-10-12-18(13-11-17)24-22(26)9-6-14-28-21-15-23(27)25(3)20-8-5-4-7-19(20)21/h4-5,7-8,10-13,15-16H,6,9,14H2,1-3H3,(H,24,26). The van der Waals surface area contributed by atoms with Gasteiger partial charge in [-0.1, -0.05) is 38.1 Å². The van der Waals surface area contributed by atoms with E-state index in [0.29, 0.717) is 31.1 Å². The molecular formula is C23H26N2O3. The number of benzene rings is 2. The molecule has 146 valence electrons. The highest BCUT2D eigenvalue weighted by molar-refractivity contribution is 5.90. The zero-order valence-electron chi connectivity index (χ0n) is 16.6. The van der Waals surface area contributed by atoms with E-state index in [0.717, 1.165) is 16.6 Å². The fourth-order valence-electron chi connectivity index (χ4n) is 3.09. The summed E-state index contributed by atoms with van der Waals surface area (Å²) in [4.78, 5) is 24.2. The molecule has 0 radical (unpaired) electrons. The van der Waals surface area contributed by atoms with Crippen LogP contribution >= 0.6 is 0 Å². The second kappa shape index (κ2) is 8.74. The number of aryl methyl sites for hydroxylation is 1. The Bertz CT molecular complexity index is 1020. The van der Waals surface area contributed by atoms with Crippen molar-refractivity contribution in [1.29, 1.82) is 0 Å². The molecule has 0 saturated heterocycles. The molecule has 1 aromatic heterocycles. The van der Waals surface area contributed by atoms with Crippen molar-refractivity contribution in [3.8, 4) is 5.75 Å². The van der Waals surface area contributed by atoms with Crippen LogP contribution in [-0.2, 0) is 11.8 Å². The van der Waals surface area contributed by atoms with Crippen molar-refractivity contribution in [2.24, 2.45) is 7.05 Å². The molecule has 0 aliphatic carbocycles. The van der Waals surface area contributed by atoms with E-state index >= 15 is 0 Å². The maximum absolute atomic E-state index is 12.1. The highest BCUT2D eigenvalue weighted by Crippen LogP contribution is 2.23. The first-order valence-corrected chi connectivity index (χ1v) is 9.57. The predicted octanol–water partition coefficient (Wildman–Crippen LogP) is 4.46. The first-order valence-electron chi connectivity index (χ1n) is 9.57. The van der Waals surface area contributed by atoms with Gasteiger partial charge in [0.05, 0.1) is 12.1 Å². The largest absolute Gasteiger partial charge is 0.493 e. The minimum Gasteiger partial charge on any atom is -0.493 e. The van der Waals surface area contributed by atoms with Gasteiger partial charge in [0.1, 0.15) is 5.75 Å². The monoisotopic (exact) mass is 378 g/mol. The number of rotatable bonds is 7. The first kappa shape index (κ1) is 19.7. The summed E-state index contributed by atoms with van der Waals surface area (Å²) in [6.07, 6.45) is 0.925. The third-order valence-electron chi connectivity index (χ3n) is 4.78. The Kier molecular flexibility index (Phi) is 6.14. The lowest BCUT2D eigenvalue weighted by Gasteiger charge is -2.12. The van der Waals surface area contributed by atoms with Crippen LogP contribution in [0.15, 0.2) is 59.4 Å². The summed E-state index contributed by atoms with van der Waals surface area (Å²) in [5.74, 6) is 0.978. The van der Waals surface area contributed by atoms with Crippen molar-refractivity contribution < 1.29 is 9.53 Å². The lowest BCUT2D eigenvalue weighted by molar-refractivity contribution is -0.116. The van der Waals surface area contributed by atoms with E-state index in [1.807, 2.05) is 48.5 Å². The number of pyridine rings is 1. The summed E-state index contributed by atoms with van der Waals surface area (Å²) in [5, 5.41) is 3.79. The van der Waals surface area contributed by atoms with Crippen LogP contribution in [0.4, 0.5) is 5.69 Å². The topological polar surface area (TPSA) is 60.3 Å². The Morgan fingerprint density at radius 3 is 2.54 bits per heavy atom. The molecule has 28 heavy (non-hydrogen) atoms. The number of amides is 1. The molecule has 0 saturated carbocycles. The van der Waals surface area contributed by atoms with Crippen molar-refractivity contribution >= 4 is 22.5 Å². The lowest BCUT2D eigenvalue weighted by atomic mass is 10.0. The number of ether oxygens (including phenoxy) is 1. The molecule has 5 nitrogen and oxygen atoms in total. The minimum atomic E-state index is -0.115. The van der Waals surface area contributed by atoms with Crippen molar-refractivity contribution in [3.63, 3.8) is 0 Å². The molecule has 1 N–H and O–H groups in total. The summed E-state index contributed by atoms with van der Waals surface area (Å²) >= 11 is 0. The summed E-state index contributed by atoms with van der Waals surface area (Å²) in [5.41, 5.74) is 2.75. The van der Waals surface area contributed by atoms with Gasteiger partial charge >= 0.3 is 0 Å². The van der Waals surface area contributed by atoms with Crippen LogP contribution in [0, 0.1) is 0 Å².